The number of benzene rings is 1. The highest BCUT2D eigenvalue weighted by molar-refractivity contribution is 9.10. The van der Waals surface area contributed by atoms with Gasteiger partial charge < -0.3 is 15.6 Å². The molecule has 5 nitrogen and oxygen atoms in total. The van der Waals surface area contributed by atoms with E-state index in [1.165, 1.54) is 7.11 Å². The first-order valence-corrected chi connectivity index (χ1v) is 5.29. The number of nitrogen functional groups attached to an aromatic ring is 1. The molecule has 2 rings (SSSR count). The van der Waals surface area contributed by atoms with E-state index < -0.39 is 0 Å². The molecule has 0 amide bonds. The predicted molar refractivity (Wildman–Crippen MR) is 64.4 cm³/mol. The molecule has 0 aliphatic carbocycles. The zero-order valence-electron chi connectivity index (χ0n) is 8.49. The lowest BCUT2D eigenvalue weighted by atomic mass is 10.1. The number of nitrogens with zero attached hydrogens (tertiary/aromatic N) is 1. The Morgan fingerprint density at radius 1 is 1.44 bits per heavy atom. The van der Waals surface area contributed by atoms with Crippen LogP contribution in [0.15, 0.2) is 22.8 Å². The summed E-state index contributed by atoms with van der Waals surface area (Å²) in [5.74, 6) is 0.836. The first-order chi connectivity index (χ1) is 7.65. The Hall–Kier alpha value is -1.69. The molecule has 0 spiro atoms. The molecular formula is C10H10BrN3O2. The Morgan fingerprint density at radius 3 is 2.75 bits per heavy atom. The second kappa shape index (κ2) is 4.05. The Labute approximate surface area is 100 Å². The maximum absolute atomic E-state index is 9.82. The summed E-state index contributed by atoms with van der Waals surface area (Å²) in [6.07, 6.45) is 1.58. The summed E-state index contributed by atoms with van der Waals surface area (Å²) in [7, 11) is 1.49. The van der Waals surface area contributed by atoms with Gasteiger partial charge in [0, 0.05) is 11.1 Å². The zero-order valence-corrected chi connectivity index (χ0v) is 10.1. The Balaban J connectivity index is 2.66. The van der Waals surface area contributed by atoms with Gasteiger partial charge in [0.1, 0.15) is 5.82 Å². The van der Waals surface area contributed by atoms with Gasteiger partial charge in [-0.15, -0.1) is 0 Å². The maximum Gasteiger partial charge on any atom is 0.172 e. The minimum Gasteiger partial charge on any atom is -0.503 e. The van der Waals surface area contributed by atoms with Crippen LogP contribution in [0, 0.1) is 0 Å². The largest absolute Gasteiger partial charge is 0.503 e. The molecular weight excluding hydrogens is 274 g/mol. The molecule has 1 heterocycles. The molecule has 0 saturated heterocycles. The number of aromatic amines is 1. The summed E-state index contributed by atoms with van der Waals surface area (Å²) in [5.41, 5.74) is 7.10. The first-order valence-electron chi connectivity index (χ1n) is 4.49. The molecule has 16 heavy (non-hydrogen) atoms. The van der Waals surface area contributed by atoms with Crippen LogP contribution in [-0.2, 0) is 0 Å². The number of nitrogens with one attached hydrogen (secondary N) is 1. The van der Waals surface area contributed by atoms with Gasteiger partial charge in [-0.2, -0.15) is 5.10 Å². The van der Waals surface area contributed by atoms with Crippen molar-refractivity contribution >= 4 is 21.7 Å². The average Bonchev–Trinajstić information content (AvgIpc) is 2.68. The van der Waals surface area contributed by atoms with Crippen molar-refractivity contribution in [1.82, 2.24) is 10.2 Å². The minimum absolute atomic E-state index is 0.0422. The van der Waals surface area contributed by atoms with E-state index in [1.807, 2.05) is 0 Å². The summed E-state index contributed by atoms with van der Waals surface area (Å²) in [5, 5.41) is 16.3. The molecule has 4 N–H and O–H groups in total. The molecule has 0 saturated carbocycles. The van der Waals surface area contributed by atoms with Crippen LogP contribution in [0.5, 0.6) is 11.5 Å². The van der Waals surface area contributed by atoms with Crippen LogP contribution in [0.25, 0.3) is 11.1 Å². The predicted octanol–water partition coefficient (Wildman–Crippen LogP) is 2.14. The zero-order chi connectivity index (χ0) is 11.7. The summed E-state index contributed by atoms with van der Waals surface area (Å²) < 4.78 is 5.72. The van der Waals surface area contributed by atoms with Gasteiger partial charge >= 0.3 is 0 Å². The van der Waals surface area contributed by atoms with E-state index in [0.29, 0.717) is 27.2 Å². The van der Waals surface area contributed by atoms with E-state index in [9.17, 15) is 5.11 Å². The van der Waals surface area contributed by atoms with E-state index >= 15 is 0 Å². The lowest BCUT2D eigenvalue weighted by Gasteiger charge is -2.10. The number of H-pyrrole nitrogens is 1. The number of phenols is 1. The standard InChI is InChI=1S/C10H10BrN3O2/c1-16-9-5(2-3-7(11)8(9)15)6-4-13-14-10(6)12/h2-4,15H,1H3,(H3,12,13,14). The number of aromatic nitrogens is 2. The lowest BCUT2D eigenvalue weighted by molar-refractivity contribution is 0.373. The molecule has 0 atom stereocenters. The number of phenolic OH excluding ortho intramolecular Hbond substituents is 1. The van der Waals surface area contributed by atoms with Crippen LogP contribution in [0.2, 0.25) is 0 Å². The highest BCUT2D eigenvalue weighted by Crippen LogP contribution is 2.42. The van der Waals surface area contributed by atoms with Crippen molar-refractivity contribution in [3.63, 3.8) is 0 Å². The lowest BCUT2D eigenvalue weighted by Crippen LogP contribution is -1.92. The van der Waals surface area contributed by atoms with Crippen molar-refractivity contribution < 1.29 is 9.84 Å². The number of hydrogen-bond donors (Lipinski definition) is 3. The molecule has 0 fully saturated rings. The van der Waals surface area contributed by atoms with Crippen molar-refractivity contribution in [3.05, 3.63) is 22.8 Å². The van der Waals surface area contributed by atoms with Crippen LogP contribution in [-0.4, -0.2) is 22.4 Å². The molecule has 1 aromatic carbocycles. The van der Waals surface area contributed by atoms with Gasteiger partial charge in [-0.05, 0) is 28.1 Å². The van der Waals surface area contributed by atoms with Gasteiger partial charge in [-0.3, -0.25) is 5.10 Å². The van der Waals surface area contributed by atoms with Crippen molar-refractivity contribution in [2.75, 3.05) is 12.8 Å². The van der Waals surface area contributed by atoms with Crippen LogP contribution < -0.4 is 10.5 Å². The molecule has 0 radical (unpaired) electrons. The number of methoxy groups -OCH3 is 1. The fourth-order valence-electron chi connectivity index (χ4n) is 1.48. The Bertz CT molecular complexity index is 525. The molecule has 0 bridgehead atoms. The topological polar surface area (TPSA) is 84.2 Å². The highest BCUT2D eigenvalue weighted by Gasteiger charge is 2.16. The van der Waals surface area contributed by atoms with Crippen LogP contribution in [0.4, 0.5) is 5.82 Å². The second-order valence-electron chi connectivity index (χ2n) is 3.17. The third-order valence-corrected chi connectivity index (χ3v) is 2.89. The van der Waals surface area contributed by atoms with Crippen molar-refractivity contribution in [1.29, 1.82) is 0 Å². The summed E-state index contributed by atoms with van der Waals surface area (Å²) >= 11 is 3.22. The van der Waals surface area contributed by atoms with Gasteiger partial charge in [-0.1, -0.05) is 0 Å². The van der Waals surface area contributed by atoms with Gasteiger partial charge in [0.25, 0.3) is 0 Å². The number of ether oxygens (including phenoxy) is 1. The highest BCUT2D eigenvalue weighted by atomic mass is 79.9. The van der Waals surface area contributed by atoms with E-state index in [4.69, 9.17) is 10.5 Å². The monoisotopic (exact) mass is 283 g/mol. The summed E-state index contributed by atoms with van der Waals surface area (Å²) in [6, 6.07) is 3.52. The molecule has 0 unspecified atom stereocenters. The Morgan fingerprint density at radius 2 is 2.19 bits per heavy atom. The number of anilines is 1. The minimum atomic E-state index is 0.0422. The van der Waals surface area contributed by atoms with Gasteiger partial charge in [0.15, 0.2) is 11.5 Å². The molecule has 6 heteroatoms. The van der Waals surface area contributed by atoms with E-state index in [0.717, 1.165) is 0 Å². The fraction of sp³-hybridized carbons (Fsp3) is 0.100. The summed E-state index contributed by atoms with van der Waals surface area (Å²) in [4.78, 5) is 0. The number of rotatable bonds is 2. The van der Waals surface area contributed by atoms with E-state index in [-0.39, 0.29) is 5.75 Å². The van der Waals surface area contributed by atoms with Crippen LogP contribution >= 0.6 is 15.9 Å². The smallest absolute Gasteiger partial charge is 0.172 e. The Kier molecular flexibility index (Phi) is 2.74. The van der Waals surface area contributed by atoms with E-state index in [1.54, 1.807) is 18.3 Å². The van der Waals surface area contributed by atoms with Gasteiger partial charge in [-0.25, -0.2) is 0 Å². The SMILES string of the molecule is COc1c(-c2cn[nH]c2N)ccc(Br)c1O. The number of aromatic hydroxyl groups is 1. The van der Waals surface area contributed by atoms with Crippen molar-refractivity contribution in [2.45, 2.75) is 0 Å². The quantitative estimate of drug-likeness (QED) is 0.788. The third-order valence-electron chi connectivity index (χ3n) is 2.25. The van der Waals surface area contributed by atoms with Crippen LogP contribution in [0.1, 0.15) is 0 Å². The third kappa shape index (κ3) is 1.61. The van der Waals surface area contributed by atoms with Gasteiger partial charge in [0.2, 0.25) is 0 Å². The molecule has 84 valence electrons. The molecule has 0 aliphatic heterocycles. The summed E-state index contributed by atoms with van der Waals surface area (Å²) in [6.45, 7) is 0. The number of nitrogens with two attached hydrogens (primary N) is 1. The number of halogens is 1. The average molecular weight is 284 g/mol. The first kappa shape index (κ1) is 10.8. The van der Waals surface area contributed by atoms with Crippen molar-refractivity contribution in [2.24, 2.45) is 0 Å². The molecule has 1 aromatic heterocycles. The molecule has 2 aromatic rings. The normalized spacial score (nSPS) is 10.4. The fourth-order valence-corrected chi connectivity index (χ4v) is 1.79. The van der Waals surface area contributed by atoms with E-state index in [2.05, 4.69) is 26.1 Å². The maximum atomic E-state index is 9.82. The second-order valence-corrected chi connectivity index (χ2v) is 4.03. The van der Waals surface area contributed by atoms with Crippen molar-refractivity contribution in [3.8, 4) is 22.6 Å². The van der Waals surface area contributed by atoms with Crippen LogP contribution in [0.3, 0.4) is 0 Å². The van der Waals surface area contributed by atoms with Gasteiger partial charge in [0.05, 0.1) is 17.8 Å². The molecule has 0 aliphatic rings. The number of hydrogen-bond acceptors (Lipinski definition) is 4.